The molecule has 0 saturated carbocycles. The Labute approximate surface area is 144 Å². The Balaban J connectivity index is 1.87. The highest BCUT2D eigenvalue weighted by Gasteiger charge is 2.26. The van der Waals surface area contributed by atoms with Crippen LogP contribution in [0.2, 0.25) is 0 Å². The van der Waals surface area contributed by atoms with Gasteiger partial charge < -0.3 is 9.73 Å². The smallest absolute Gasteiger partial charge is 0.220 e. The van der Waals surface area contributed by atoms with E-state index in [1.807, 2.05) is 30.3 Å². The van der Waals surface area contributed by atoms with E-state index < -0.39 is 0 Å². The summed E-state index contributed by atoms with van der Waals surface area (Å²) in [6.45, 7) is 10.7. The van der Waals surface area contributed by atoms with Gasteiger partial charge in [0.15, 0.2) is 11.7 Å². The summed E-state index contributed by atoms with van der Waals surface area (Å²) < 4.78 is 5.74. The fraction of sp³-hybridized carbons (Fsp3) is 0.500. The van der Waals surface area contributed by atoms with Crippen molar-refractivity contribution in [2.75, 3.05) is 0 Å². The lowest BCUT2D eigenvalue weighted by atomic mass is 9.82. The Hall–Kier alpha value is -2.10. The number of aromatic nitrogens is 1. The zero-order valence-corrected chi connectivity index (χ0v) is 15.3. The molecule has 0 aliphatic heterocycles. The maximum Gasteiger partial charge on any atom is 0.220 e. The second-order valence-corrected chi connectivity index (χ2v) is 8.15. The molecule has 2 rings (SSSR count). The number of nitrogens with one attached hydrogen (secondary N) is 1. The molecular formula is C20H28N2O2. The van der Waals surface area contributed by atoms with Crippen LogP contribution in [0.15, 0.2) is 40.9 Å². The van der Waals surface area contributed by atoms with Gasteiger partial charge in [-0.05, 0) is 25.7 Å². The summed E-state index contributed by atoms with van der Waals surface area (Å²) in [7, 11) is 0. The van der Waals surface area contributed by atoms with E-state index in [1.54, 1.807) is 6.20 Å². The lowest BCUT2D eigenvalue weighted by Crippen LogP contribution is -2.45. The minimum absolute atomic E-state index is 0.0312. The van der Waals surface area contributed by atoms with Crippen molar-refractivity contribution in [1.29, 1.82) is 0 Å². The largest absolute Gasteiger partial charge is 0.441 e. The van der Waals surface area contributed by atoms with E-state index in [2.05, 4.69) is 44.9 Å². The van der Waals surface area contributed by atoms with Crippen molar-refractivity contribution in [3.05, 3.63) is 42.4 Å². The van der Waals surface area contributed by atoms with Crippen molar-refractivity contribution in [3.8, 4) is 11.3 Å². The van der Waals surface area contributed by atoms with Crippen LogP contribution in [0.3, 0.4) is 0 Å². The minimum Gasteiger partial charge on any atom is -0.441 e. The van der Waals surface area contributed by atoms with Crippen LogP contribution in [0.4, 0.5) is 0 Å². The van der Waals surface area contributed by atoms with E-state index in [1.165, 1.54) is 0 Å². The van der Waals surface area contributed by atoms with Gasteiger partial charge in [-0.1, -0.05) is 51.1 Å². The van der Waals surface area contributed by atoms with Crippen LogP contribution in [0.1, 0.15) is 53.4 Å². The molecule has 4 heteroatoms. The summed E-state index contributed by atoms with van der Waals surface area (Å²) in [4.78, 5) is 16.5. The standard InChI is InChI=1S/C20H28N2O2/c1-19(2,3)14-20(4,5)22-17(23)11-12-18-21-13-16(24-18)15-9-7-6-8-10-15/h6-10,13H,11-12,14H2,1-5H3,(H,22,23). The molecule has 24 heavy (non-hydrogen) atoms. The van der Waals surface area contributed by atoms with Crippen molar-refractivity contribution >= 4 is 5.91 Å². The SMILES string of the molecule is CC(C)(C)CC(C)(C)NC(=O)CCc1ncc(-c2ccccc2)o1. The first-order chi connectivity index (χ1) is 11.1. The zero-order valence-electron chi connectivity index (χ0n) is 15.3. The van der Waals surface area contributed by atoms with Crippen molar-refractivity contribution in [2.24, 2.45) is 5.41 Å². The fourth-order valence-electron chi connectivity index (χ4n) is 3.19. The lowest BCUT2D eigenvalue weighted by molar-refractivity contribution is -0.123. The number of nitrogens with zero attached hydrogens (tertiary/aromatic N) is 1. The predicted octanol–water partition coefficient (Wildman–Crippen LogP) is 4.61. The number of amides is 1. The van der Waals surface area contributed by atoms with Gasteiger partial charge in [-0.15, -0.1) is 0 Å². The third kappa shape index (κ3) is 5.84. The zero-order chi connectivity index (χ0) is 17.8. The van der Waals surface area contributed by atoms with Crippen LogP contribution in [0.25, 0.3) is 11.3 Å². The molecule has 0 atom stereocenters. The highest BCUT2D eigenvalue weighted by atomic mass is 16.4. The van der Waals surface area contributed by atoms with E-state index in [0.717, 1.165) is 17.7 Å². The molecule has 1 amide bonds. The van der Waals surface area contributed by atoms with E-state index in [0.29, 0.717) is 18.7 Å². The van der Waals surface area contributed by atoms with Crippen LogP contribution >= 0.6 is 0 Å². The molecule has 0 unspecified atom stereocenters. The molecule has 0 fully saturated rings. The van der Waals surface area contributed by atoms with Gasteiger partial charge in [0.1, 0.15) is 0 Å². The van der Waals surface area contributed by atoms with E-state index >= 15 is 0 Å². The Morgan fingerprint density at radius 1 is 1.12 bits per heavy atom. The number of benzene rings is 1. The second-order valence-electron chi connectivity index (χ2n) is 8.15. The molecule has 0 spiro atoms. The van der Waals surface area contributed by atoms with E-state index in [9.17, 15) is 4.79 Å². The number of hydrogen-bond acceptors (Lipinski definition) is 3. The normalized spacial score (nSPS) is 12.2. The second kappa shape index (κ2) is 7.20. The predicted molar refractivity (Wildman–Crippen MR) is 96.6 cm³/mol. The minimum atomic E-state index is -0.221. The average molecular weight is 328 g/mol. The molecule has 0 radical (unpaired) electrons. The molecule has 4 nitrogen and oxygen atoms in total. The Morgan fingerprint density at radius 3 is 2.42 bits per heavy atom. The topological polar surface area (TPSA) is 55.1 Å². The first-order valence-electron chi connectivity index (χ1n) is 8.46. The Bertz CT molecular complexity index is 666. The first-order valence-corrected chi connectivity index (χ1v) is 8.46. The van der Waals surface area contributed by atoms with E-state index in [4.69, 9.17) is 4.42 Å². The third-order valence-corrected chi connectivity index (χ3v) is 3.63. The first kappa shape index (κ1) is 18.2. The van der Waals surface area contributed by atoms with Gasteiger partial charge in [-0.2, -0.15) is 0 Å². The van der Waals surface area contributed by atoms with Crippen molar-refractivity contribution in [2.45, 2.75) is 59.4 Å². The number of aryl methyl sites for hydroxylation is 1. The van der Waals surface area contributed by atoms with Crippen LogP contribution in [-0.4, -0.2) is 16.4 Å². The highest BCUT2D eigenvalue weighted by Crippen LogP contribution is 2.27. The average Bonchev–Trinajstić information content (AvgIpc) is 2.92. The molecule has 130 valence electrons. The van der Waals surface area contributed by atoms with Gasteiger partial charge in [0, 0.05) is 23.9 Å². The van der Waals surface area contributed by atoms with Crippen molar-refractivity contribution < 1.29 is 9.21 Å². The van der Waals surface area contributed by atoms with E-state index in [-0.39, 0.29) is 16.9 Å². The number of oxazole rings is 1. The summed E-state index contributed by atoms with van der Waals surface area (Å²) in [5.41, 5.74) is 0.942. The van der Waals surface area contributed by atoms with Crippen LogP contribution in [0.5, 0.6) is 0 Å². The molecule has 0 bridgehead atoms. The lowest BCUT2D eigenvalue weighted by Gasteiger charge is -2.33. The molecule has 1 heterocycles. The summed E-state index contributed by atoms with van der Waals surface area (Å²) in [5.74, 6) is 1.36. The summed E-state index contributed by atoms with van der Waals surface area (Å²) >= 11 is 0. The molecule has 0 saturated heterocycles. The monoisotopic (exact) mass is 328 g/mol. The highest BCUT2D eigenvalue weighted by molar-refractivity contribution is 5.76. The molecule has 0 aliphatic carbocycles. The molecular weight excluding hydrogens is 300 g/mol. The summed E-state index contributed by atoms with van der Waals surface area (Å²) in [6, 6.07) is 9.84. The number of carbonyl (C=O) groups is 1. The maximum absolute atomic E-state index is 12.2. The molecule has 0 aliphatic rings. The maximum atomic E-state index is 12.2. The fourth-order valence-corrected chi connectivity index (χ4v) is 3.19. The van der Waals surface area contributed by atoms with Gasteiger partial charge in [0.25, 0.3) is 0 Å². The van der Waals surface area contributed by atoms with Crippen molar-refractivity contribution in [1.82, 2.24) is 10.3 Å². The Kier molecular flexibility index (Phi) is 5.47. The van der Waals surface area contributed by atoms with Gasteiger partial charge in [-0.25, -0.2) is 4.98 Å². The van der Waals surface area contributed by atoms with Gasteiger partial charge in [0.05, 0.1) is 6.20 Å². The molecule has 1 N–H and O–H groups in total. The van der Waals surface area contributed by atoms with Crippen molar-refractivity contribution in [3.63, 3.8) is 0 Å². The third-order valence-electron chi connectivity index (χ3n) is 3.63. The summed E-state index contributed by atoms with van der Waals surface area (Å²) in [6.07, 6.45) is 3.52. The van der Waals surface area contributed by atoms with Crippen LogP contribution in [0, 0.1) is 5.41 Å². The molecule has 1 aromatic heterocycles. The quantitative estimate of drug-likeness (QED) is 0.843. The number of carbonyl (C=O) groups excluding carboxylic acids is 1. The number of rotatable bonds is 6. The Morgan fingerprint density at radius 2 is 1.79 bits per heavy atom. The summed E-state index contributed by atoms with van der Waals surface area (Å²) in [5, 5.41) is 3.11. The molecule has 2 aromatic rings. The van der Waals surface area contributed by atoms with Gasteiger partial charge in [0.2, 0.25) is 5.91 Å². The molecule has 1 aromatic carbocycles. The number of hydrogen-bond donors (Lipinski definition) is 1. The van der Waals surface area contributed by atoms with Gasteiger partial charge in [-0.3, -0.25) is 4.79 Å². The van der Waals surface area contributed by atoms with Crippen LogP contribution in [-0.2, 0) is 11.2 Å². The van der Waals surface area contributed by atoms with Crippen LogP contribution < -0.4 is 5.32 Å². The van der Waals surface area contributed by atoms with Gasteiger partial charge >= 0.3 is 0 Å².